The summed E-state index contributed by atoms with van der Waals surface area (Å²) in [6.45, 7) is -0.266. The van der Waals surface area contributed by atoms with Gasteiger partial charge >= 0.3 is 0 Å². The largest absolute Gasteiger partial charge is 0.497 e. The van der Waals surface area contributed by atoms with Crippen molar-refractivity contribution in [3.05, 3.63) is 42.1 Å². The Morgan fingerprint density at radius 2 is 1.58 bits per heavy atom. The number of hydrogen-bond acceptors (Lipinski definition) is 9. The summed E-state index contributed by atoms with van der Waals surface area (Å²) in [5.41, 5.74) is 6.73. The van der Waals surface area contributed by atoms with Gasteiger partial charge in [0.05, 0.1) is 34.1 Å². The number of nitrogen functional groups attached to an aromatic ring is 1. The monoisotopic (exact) mass is 456 g/mol. The van der Waals surface area contributed by atoms with Crippen LogP contribution >= 0.6 is 0 Å². The van der Waals surface area contributed by atoms with Crippen LogP contribution in [0, 0.1) is 0 Å². The molecule has 2 aromatic carbocycles. The van der Waals surface area contributed by atoms with E-state index < -0.39 is 11.8 Å². The number of nitrogens with one attached hydrogen (secondary N) is 2. The van der Waals surface area contributed by atoms with Crippen LogP contribution in [0.2, 0.25) is 0 Å². The summed E-state index contributed by atoms with van der Waals surface area (Å²) in [6, 6.07) is 9.84. The van der Waals surface area contributed by atoms with Gasteiger partial charge in [0, 0.05) is 30.0 Å². The molecule has 0 saturated heterocycles. The molecular weight excluding hydrogens is 432 g/mol. The molecule has 1 aromatic heterocycles. The number of rotatable bonds is 9. The normalized spacial score (nSPS) is 10.3. The number of hydrogen-bond donors (Lipinski definition) is 3. The molecule has 1 heterocycles. The molecule has 3 aromatic rings. The molecule has 0 bridgehead atoms. The van der Waals surface area contributed by atoms with Gasteiger partial charge in [-0.05, 0) is 12.1 Å². The molecule has 0 aliphatic carbocycles. The fourth-order valence-corrected chi connectivity index (χ4v) is 2.90. The zero-order valence-electron chi connectivity index (χ0n) is 18.5. The third kappa shape index (κ3) is 5.42. The topological polar surface area (TPSA) is 152 Å². The lowest BCUT2D eigenvalue weighted by molar-refractivity contribution is -0.116. The van der Waals surface area contributed by atoms with Crippen molar-refractivity contribution in [2.75, 3.05) is 44.8 Å². The van der Waals surface area contributed by atoms with Crippen LogP contribution in [-0.2, 0) is 11.3 Å². The zero-order chi connectivity index (χ0) is 24.0. The van der Waals surface area contributed by atoms with Crippen LogP contribution in [0.1, 0.15) is 10.5 Å². The minimum Gasteiger partial charge on any atom is -0.497 e. The number of nitrogens with zero attached hydrogens (tertiary/aromatic N) is 3. The van der Waals surface area contributed by atoms with Crippen LogP contribution in [0.25, 0.3) is 0 Å². The predicted octanol–water partition coefficient (Wildman–Crippen LogP) is 1.79. The number of carbonyl (C=O) groups excluding carboxylic acids is 2. The Kier molecular flexibility index (Phi) is 7.18. The Hall–Kier alpha value is -4.48. The summed E-state index contributed by atoms with van der Waals surface area (Å²) >= 11 is 0. The first-order chi connectivity index (χ1) is 15.9. The number of aromatic nitrogens is 3. The van der Waals surface area contributed by atoms with Gasteiger partial charge in [-0.15, -0.1) is 5.10 Å². The van der Waals surface area contributed by atoms with Crippen LogP contribution in [0.5, 0.6) is 23.0 Å². The lowest BCUT2D eigenvalue weighted by atomic mass is 10.2. The number of carbonyl (C=O) groups is 2. The average molecular weight is 456 g/mol. The van der Waals surface area contributed by atoms with Gasteiger partial charge in [0.1, 0.15) is 29.5 Å². The maximum atomic E-state index is 12.7. The molecule has 0 radical (unpaired) electrons. The van der Waals surface area contributed by atoms with Crippen molar-refractivity contribution >= 4 is 29.0 Å². The molecule has 0 unspecified atom stereocenters. The molecule has 0 spiro atoms. The second-order valence-corrected chi connectivity index (χ2v) is 6.65. The maximum absolute atomic E-state index is 12.7. The number of anilines is 3. The van der Waals surface area contributed by atoms with Gasteiger partial charge in [0.25, 0.3) is 5.91 Å². The van der Waals surface area contributed by atoms with E-state index in [9.17, 15) is 9.59 Å². The smallest absolute Gasteiger partial charge is 0.280 e. The van der Waals surface area contributed by atoms with Gasteiger partial charge in [-0.2, -0.15) is 0 Å². The van der Waals surface area contributed by atoms with E-state index in [0.29, 0.717) is 34.4 Å². The highest BCUT2D eigenvalue weighted by atomic mass is 16.5. The average Bonchev–Trinajstić information content (AvgIpc) is 3.18. The molecule has 33 heavy (non-hydrogen) atoms. The molecule has 0 atom stereocenters. The molecule has 12 heteroatoms. The maximum Gasteiger partial charge on any atom is 0.280 e. The first-order valence-electron chi connectivity index (χ1n) is 9.63. The van der Waals surface area contributed by atoms with Gasteiger partial charge in [-0.25, -0.2) is 4.68 Å². The summed E-state index contributed by atoms with van der Waals surface area (Å²) in [6.07, 6.45) is 0. The fourth-order valence-electron chi connectivity index (χ4n) is 2.90. The quantitative estimate of drug-likeness (QED) is 0.437. The Morgan fingerprint density at radius 1 is 0.909 bits per heavy atom. The molecule has 0 saturated carbocycles. The lowest BCUT2D eigenvalue weighted by Crippen LogP contribution is -2.21. The van der Waals surface area contributed by atoms with E-state index >= 15 is 0 Å². The van der Waals surface area contributed by atoms with Crippen molar-refractivity contribution in [2.45, 2.75) is 6.54 Å². The standard InChI is InChI=1S/C21H24N6O6/c1-30-13-5-6-16(17(10-13)33-4)24-21(29)19-20(22)27(26-25-19)11-18(28)23-12-7-14(31-2)9-15(8-12)32-3/h5-10H,11,22H2,1-4H3,(H,23,28)(H,24,29). The summed E-state index contributed by atoms with van der Waals surface area (Å²) in [5, 5.41) is 13.0. The Bertz CT molecular complexity index is 1140. The molecule has 2 amide bonds. The third-order valence-electron chi connectivity index (χ3n) is 4.57. The SMILES string of the molecule is COc1cc(NC(=O)Cn2nnc(C(=O)Nc3ccc(OC)cc3OC)c2N)cc(OC)c1. The van der Waals surface area contributed by atoms with Gasteiger partial charge in [-0.3, -0.25) is 9.59 Å². The van der Waals surface area contributed by atoms with Crippen LogP contribution in [0.3, 0.4) is 0 Å². The third-order valence-corrected chi connectivity index (χ3v) is 4.57. The number of benzene rings is 2. The Morgan fingerprint density at radius 3 is 2.18 bits per heavy atom. The molecule has 3 rings (SSSR count). The van der Waals surface area contributed by atoms with Crippen LogP contribution < -0.4 is 35.3 Å². The van der Waals surface area contributed by atoms with Gasteiger partial charge in [-0.1, -0.05) is 5.21 Å². The van der Waals surface area contributed by atoms with Crippen molar-refractivity contribution in [1.29, 1.82) is 0 Å². The zero-order valence-corrected chi connectivity index (χ0v) is 18.5. The molecule has 174 valence electrons. The van der Waals surface area contributed by atoms with Gasteiger partial charge in [0.15, 0.2) is 11.5 Å². The van der Waals surface area contributed by atoms with Crippen molar-refractivity contribution in [2.24, 2.45) is 0 Å². The van der Waals surface area contributed by atoms with E-state index in [1.165, 1.54) is 28.4 Å². The van der Waals surface area contributed by atoms with Crippen molar-refractivity contribution in [3.8, 4) is 23.0 Å². The van der Waals surface area contributed by atoms with E-state index in [4.69, 9.17) is 24.7 Å². The summed E-state index contributed by atoms with van der Waals surface area (Å²) in [7, 11) is 5.99. The Labute approximate surface area is 189 Å². The first kappa shape index (κ1) is 23.2. The predicted molar refractivity (Wildman–Crippen MR) is 120 cm³/mol. The Balaban J connectivity index is 1.71. The van der Waals surface area contributed by atoms with E-state index in [0.717, 1.165) is 4.68 Å². The van der Waals surface area contributed by atoms with Crippen LogP contribution in [0.4, 0.5) is 17.2 Å². The highest BCUT2D eigenvalue weighted by Crippen LogP contribution is 2.29. The molecular formula is C21H24N6O6. The second kappa shape index (κ2) is 10.2. The van der Waals surface area contributed by atoms with Gasteiger partial charge in [0.2, 0.25) is 5.91 Å². The number of amides is 2. The minimum absolute atomic E-state index is 0.0710. The number of ether oxygens (including phenoxy) is 4. The number of methoxy groups -OCH3 is 4. The second-order valence-electron chi connectivity index (χ2n) is 6.65. The summed E-state index contributed by atoms with van der Waals surface area (Å²) in [5.74, 6) is 0.858. The van der Waals surface area contributed by atoms with E-state index in [1.807, 2.05) is 0 Å². The lowest BCUT2D eigenvalue weighted by Gasteiger charge is -2.11. The highest BCUT2D eigenvalue weighted by molar-refractivity contribution is 6.06. The van der Waals surface area contributed by atoms with Gasteiger partial charge < -0.3 is 35.3 Å². The molecule has 12 nitrogen and oxygen atoms in total. The molecule has 0 fully saturated rings. The molecule has 0 aliphatic heterocycles. The van der Waals surface area contributed by atoms with Crippen molar-refractivity contribution in [3.63, 3.8) is 0 Å². The summed E-state index contributed by atoms with van der Waals surface area (Å²) in [4.78, 5) is 25.1. The summed E-state index contributed by atoms with van der Waals surface area (Å²) < 4.78 is 21.9. The van der Waals surface area contributed by atoms with E-state index in [-0.39, 0.29) is 18.1 Å². The van der Waals surface area contributed by atoms with E-state index in [1.54, 1.807) is 36.4 Å². The fraction of sp³-hybridized carbons (Fsp3) is 0.238. The van der Waals surface area contributed by atoms with Crippen molar-refractivity contribution < 1.29 is 28.5 Å². The molecule has 0 aliphatic rings. The number of nitrogens with two attached hydrogens (primary N) is 1. The first-order valence-corrected chi connectivity index (χ1v) is 9.63. The minimum atomic E-state index is -0.611. The van der Waals surface area contributed by atoms with Crippen LogP contribution in [0.15, 0.2) is 36.4 Å². The molecule has 4 N–H and O–H groups in total. The van der Waals surface area contributed by atoms with E-state index in [2.05, 4.69) is 20.9 Å². The highest BCUT2D eigenvalue weighted by Gasteiger charge is 2.20. The van der Waals surface area contributed by atoms with Crippen LogP contribution in [-0.4, -0.2) is 55.2 Å². The van der Waals surface area contributed by atoms with Crippen molar-refractivity contribution in [1.82, 2.24) is 15.0 Å².